The minimum Gasteiger partial charge on any atom is -0.493 e. The number of hydrogen-bond donors (Lipinski definition) is 0. The maximum Gasteiger partial charge on any atom is 0.331 e. The number of ketones is 1. The standard InChI is InChI=1S/C29H27NO5S/c1-4-5-16-33-24-11-6-23-17-28(34-27(23)18-24)29(32)22-9-14-26(15-10-22)36-25-12-7-21(8-13-25)19(2)30-35-20(3)31/h6-15,17-18H,4-5,16H2,1-3H3/b30-19+. The molecule has 0 bridgehead atoms. The van der Waals surface area contributed by atoms with Crippen LogP contribution in [-0.4, -0.2) is 24.1 Å². The van der Waals surface area contributed by atoms with Gasteiger partial charge in [0, 0.05) is 33.7 Å². The number of rotatable bonds is 10. The van der Waals surface area contributed by atoms with E-state index in [0.29, 0.717) is 29.2 Å². The first-order valence-electron chi connectivity index (χ1n) is 11.7. The molecule has 0 spiro atoms. The Morgan fingerprint density at radius 1 is 0.889 bits per heavy atom. The Hall–Kier alpha value is -3.84. The van der Waals surface area contributed by atoms with E-state index in [9.17, 15) is 9.59 Å². The number of benzene rings is 3. The van der Waals surface area contributed by atoms with Crippen LogP contribution < -0.4 is 4.74 Å². The van der Waals surface area contributed by atoms with E-state index in [1.165, 1.54) is 6.92 Å². The molecule has 0 atom stereocenters. The van der Waals surface area contributed by atoms with E-state index < -0.39 is 5.97 Å². The zero-order chi connectivity index (χ0) is 25.5. The Morgan fingerprint density at radius 2 is 1.56 bits per heavy atom. The molecular weight excluding hydrogens is 474 g/mol. The Bertz CT molecular complexity index is 1390. The average Bonchev–Trinajstić information content (AvgIpc) is 3.31. The van der Waals surface area contributed by atoms with E-state index >= 15 is 0 Å². The van der Waals surface area contributed by atoms with Gasteiger partial charge in [0.25, 0.3) is 0 Å². The lowest BCUT2D eigenvalue weighted by Crippen LogP contribution is -1.99. The largest absolute Gasteiger partial charge is 0.493 e. The van der Waals surface area contributed by atoms with Gasteiger partial charge in [-0.2, -0.15) is 0 Å². The van der Waals surface area contributed by atoms with Crippen LogP contribution >= 0.6 is 11.8 Å². The molecule has 0 unspecified atom stereocenters. The van der Waals surface area contributed by atoms with E-state index in [1.807, 2.05) is 54.6 Å². The van der Waals surface area contributed by atoms with Crippen molar-refractivity contribution in [3.63, 3.8) is 0 Å². The molecule has 6 nitrogen and oxygen atoms in total. The summed E-state index contributed by atoms with van der Waals surface area (Å²) in [6.07, 6.45) is 2.06. The summed E-state index contributed by atoms with van der Waals surface area (Å²) in [4.78, 5) is 30.6. The van der Waals surface area contributed by atoms with Crippen LogP contribution in [0.2, 0.25) is 0 Å². The van der Waals surface area contributed by atoms with Gasteiger partial charge in [-0.25, -0.2) is 4.79 Å². The summed E-state index contributed by atoms with van der Waals surface area (Å²) in [5.41, 5.74) is 2.68. The van der Waals surface area contributed by atoms with Crippen molar-refractivity contribution in [3.05, 3.63) is 89.7 Å². The minimum absolute atomic E-state index is 0.164. The summed E-state index contributed by atoms with van der Waals surface area (Å²) >= 11 is 1.58. The lowest BCUT2D eigenvalue weighted by Gasteiger charge is -2.05. The second kappa shape index (κ2) is 11.7. The molecule has 184 valence electrons. The number of nitrogens with zero attached hydrogens (tertiary/aromatic N) is 1. The zero-order valence-electron chi connectivity index (χ0n) is 20.4. The van der Waals surface area contributed by atoms with Gasteiger partial charge >= 0.3 is 5.97 Å². The molecule has 4 rings (SSSR count). The Balaban J connectivity index is 1.41. The minimum atomic E-state index is -0.453. The molecule has 36 heavy (non-hydrogen) atoms. The summed E-state index contributed by atoms with van der Waals surface area (Å²) in [5, 5.41) is 4.67. The number of unbranched alkanes of at least 4 members (excludes halogenated alkanes) is 1. The fraction of sp³-hybridized carbons (Fsp3) is 0.207. The van der Waals surface area contributed by atoms with Crippen LogP contribution in [0.15, 0.2) is 92.2 Å². The van der Waals surface area contributed by atoms with E-state index in [0.717, 1.165) is 39.3 Å². The summed E-state index contributed by atoms with van der Waals surface area (Å²) < 4.78 is 11.6. The molecule has 0 fully saturated rings. The smallest absolute Gasteiger partial charge is 0.331 e. The Kier molecular flexibility index (Phi) is 8.23. The van der Waals surface area contributed by atoms with E-state index in [-0.39, 0.29) is 5.78 Å². The van der Waals surface area contributed by atoms with E-state index in [1.54, 1.807) is 36.9 Å². The number of furan rings is 1. The first-order valence-corrected chi connectivity index (χ1v) is 12.6. The normalized spacial score (nSPS) is 11.5. The van der Waals surface area contributed by atoms with Gasteiger partial charge in [-0.05, 0) is 73.5 Å². The molecule has 0 saturated heterocycles. The number of ether oxygens (including phenoxy) is 1. The fourth-order valence-electron chi connectivity index (χ4n) is 3.45. The number of carbonyl (C=O) groups is 2. The third kappa shape index (κ3) is 6.43. The van der Waals surface area contributed by atoms with Crippen molar-refractivity contribution in [2.45, 2.75) is 43.4 Å². The highest BCUT2D eigenvalue weighted by Gasteiger charge is 2.15. The van der Waals surface area contributed by atoms with Crippen LogP contribution in [0.1, 0.15) is 55.3 Å². The molecule has 0 aliphatic rings. The van der Waals surface area contributed by atoms with Crippen LogP contribution in [-0.2, 0) is 9.63 Å². The quantitative estimate of drug-likeness (QED) is 0.0747. The molecule has 1 heterocycles. The molecule has 0 amide bonds. The highest BCUT2D eigenvalue weighted by molar-refractivity contribution is 7.99. The molecule has 0 radical (unpaired) electrons. The topological polar surface area (TPSA) is 78.1 Å². The number of carbonyl (C=O) groups excluding carboxylic acids is 2. The highest BCUT2D eigenvalue weighted by atomic mass is 32.2. The Morgan fingerprint density at radius 3 is 2.19 bits per heavy atom. The molecule has 3 aromatic carbocycles. The predicted molar refractivity (Wildman–Crippen MR) is 141 cm³/mol. The van der Waals surface area contributed by atoms with Gasteiger partial charge in [0.05, 0.1) is 12.3 Å². The van der Waals surface area contributed by atoms with Crippen molar-refractivity contribution in [1.82, 2.24) is 0 Å². The lowest BCUT2D eigenvalue weighted by molar-refractivity contribution is -0.140. The van der Waals surface area contributed by atoms with Crippen LogP contribution in [0, 0.1) is 0 Å². The third-order valence-corrected chi connectivity index (χ3v) is 6.43. The maximum absolute atomic E-state index is 13.0. The zero-order valence-corrected chi connectivity index (χ0v) is 21.3. The molecular formula is C29H27NO5S. The van der Waals surface area contributed by atoms with Crippen molar-refractivity contribution in [1.29, 1.82) is 0 Å². The molecule has 0 saturated carbocycles. The summed E-state index contributed by atoms with van der Waals surface area (Å²) in [6, 6.07) is 22.6. The average molecular weight is 502 g/mol. The Labute approximate surface area is 214 Å². The van der Waals surface area contributed by atoms with Crippen molar-refractivity contribution in [2.24, 2.45) is 5.16 Å². The van der Waals surface area contributed by atoms with Crippen molar-refractivity contribution >= 4 is 40.2 Å². The van der Waals surface area contributed by atoms with Gasteiger partial charge in [-0.15, -0.1) is 0 Å². The summed E-state index contributed by atoms with van der Waals surface area (Å²) in [6.45, 7) is 5.87. The van der Waals surface area contributed by atoms with Gasteiger partial charge < -0.3 is 14.0 Å². The van der Waals surface area contributed by atoms with Crippen molar-refractivity contribution < 1.29 is 23.6 Å². The number of hydrogen-bond acceptors (Lipinski definition) is 7. The van der Waals surface area contributed by atoms with Crippen LogP contribution in [0.4, 0.5) is 0 Å². The van der Waals surface area contributed by atoms with Gasteiger partial charge in [0.1, 0.15) is 11.3 Å². The molecule has 4 aromatic rings. The number of fused-ring (bicyclic) bond motifs is 1. The van der Waals surface area contributed by atoms with Crippen LogP contribution in [0.25, 0.3) is 11.0 Å². The highest BCUT2D eigenvalue weighted by Crippen LogP contribution is 2.30. The maximum atomic E-state index is 13.0. The van der Waals surface area contributed by atoms with Crippen molar-refractivity contribution in [3.8, 4) is 5.75 Å². The lowest BCUT2D eigenvalue weighted by atomic mass is 10.1. The van der Waals surface area contributed by atoms with Gasteiger partial charge in [0.2, 0.25) is 5.78 Å². The van der Waals surface area contributed by atoms with Gasteiger partial charge in [-0.3, -0.25) is 4.79 Å². The van der Waals surface area contributed by atoms with Crippen LogP contribution in [0.3, 0.4) is 0 Å². The summed E-state index contributed by atoms with van der Waals surface area (Å²) in [7, 11) is 0. The second-order valence-electron chi connectivity index (χ2n) is 8.25. The first kappa shape index (κ1) is 25.3. The van der Waals surface area contributed by atoms with Crippen LogP contribution in [0.5, 0.6) is 5.75 Å². The molecule has 0 aliphatic heterocycles. The monoisotopic (exact) mass is 501 g/mol. The van der Waals surface area contributed by atoms with Gasteiger partial charge in [0.15, 0.2) is 5.76 Å². The van der Waals surface area contributed by atoms with E-state index in [2.05, 4.69) is 12.1 Å². The predicted octanol–water partition coefficient (Wildman–Crippen LogP) is 7.28. The number of oxime groups is 1. The molecule has 0 N–H and O–H groups in total. The first-order chi connectivity index (χ1) is 17.4. The fourth-order valence-corrected chi connectivity index (χ4v) is 4.27. The third-order valence-electron chi connectivity index (χ3n) is 5.42. The van der Waals surface area contributed by atoms with E-state index in [4.69, 9.17) is 14.0 Å². The van der Waals surface area contributed by atoms with Crippen molar-refractivity contribution in [2.75, 3.05) is 6.61 Å². The summed E-state index contributed by atoms with van der Waals surface area (Å²) in [5.74, 6) is 0.427. The molecule has 1 aromatic heterocycles. The second-order valence-corrected chi connectivity index (χ2v) is 9.40. The van der Waals surface area contributed by atoms with Gasteiger partial charge in [-0.1, -0.05) is 42.4 Å². The SMILES string of the molecule is CCCCOc1ccc2cc(C(=O)c3ccc(Sc4ccc(/C(C)=N/OC(C)=O)cc4)cc3)oc2c1. The molecule has 7 heteroatoms. The molecule has 0 aliphatic carbocycles.